The number of carbonyl (C=O) groups is 1. The summed E-state index contributed by atoms with van der Waals surface area (Å²) in [6, 6.07) is 1.10. The normalized spacial score (nSPS) is 32.8. The number of allylic oxidation sites excluding steroid dienone is 2. The first-order valence-corrected chi connectivity index (χ1v) is 11.0. The maximum absolute atomic E-state index is 12.7. The molecule has 2 rings (SSSR count). The number of hydrogen-bond donors (Lipinski definition) is 0. The second-order valence-electron chi connectivity index (χ2n) is 6.95. The Morgan fingerprint density at radius 1 is 1.37 bits per heavy atom. The molecular formula is C16H28O2Si. The SMILES string of the molecule is CCCC[Si](C)(C)OC(=O)C1(CC)CC2C=CC1C2. The van der Waals surface area contributed by atoms with E-state index in [1.54, 1.807) is 0 Å². The molecule has 2 aliphatic carbocycles. The summed E-state index contributed by atoms with van der Waals surface area (Å²) in [6.45, 7) is 8.72. The number of carbonyl (C=O) groups excluding carboxylic acids is 1. The highest BCUT2D eigenvalue weighted by Gasteiger charge is 2.53. The lowest BCUT2D eigenvalue weighted by Gasteiger charge is -2.36. The summed E-state index contributed by atoms with van der Waals surface area (Å²) < 4.78 is 6.04. The van der Waals surface area contributed by atoms with E-state index in [4.69, 9.17) is 4.43 Å². The van der Waals surface area contributed by atoms with Crippen LogP contribution in [0.4, 0.5) is 0 Å². The number of fused-ring (bicyclic) bond motifs is 2. The van der Waals surface area contributed by atoms with Gasteiger partial charge in [-0.1, -0.05) is 38.8 Å². The molecule has 0 saturated heterocycles. The van der Waals surface area contributed by atoms with Gasteiger partial charge in [0.25, 0.3) is 5.97 Å². The lowest BCUT2D eigenvalue weighted by Crippen LogP contribution is -2.43. The fourth-order valence-corrected chi connectivity index (χ4v) is 5.76. The van der Waals surface area contributed by atoms with Crippen LogP contribution in [0.25, 0.3) is 0 Å². The number of unbranched alkanes of at least 4 members (excludes halogenated alkanes) is 1. The molecule has 0 aromatic heterocycles. The molecule has 1 fully saturated rings. The Morgan fingerprint density at radius 2 is 2.11 bits per heavy atom. The van der Waals surface area contributed by atoms with E-state index in [0.717, 1.165) is 18.9 Å². The second kappa shape index (κ2) is 5.43. The molecule has 0 spiro atoms. The molecule has 0 N–H and O–H groups in total. The molecule has 3 heteroatoms. The minimum Gasteiger partial charge on any atom is -0.519 e. The van der Waals surface area contributed by atoms with Crippen LogP contribution >= 0.6 is 0 Å². The molecule has 0 radical (unpaired) electrons. The Bertz CT molecular complexity index is 375. The van der Waals surface area contributed by atoms with Crippen LogP contribution in [0.3, 0.4) is 0 Å². The first-order chi connectivity index (χ1) is 8.93. The molecule has 1 saturated carbocycles. The lowest BCUT2D eigenvalue weighted by atomic mass is 9.74. The molecule has 108 valence electrons. The van der Waals surface area contributed by atoms with Gasteiger partial charge in [0.2, 0.25) is 8.32 Å². The predicted octanol–water partition coefficient (Wildman–Crippen LogP) is 4.53. The molecule has 2 aliphatic rings. The lowest BCUT2D eigenvalue weighted by molar-refractivity contribution is -0.148. The third-order valence-corrected chi connectivity index (χ3v) is 7.34. The first kappa shape index (κ1) is 14.8. The molecule has 3 atom stereocenters. The molecule has 0 aromatic carbocycles. The third kappa shape index (κ3) is 2.81. The summed E-state index contributed by atoms with van der Waals surface area (Å²) in [5.41, 5.74) is -0.199. The molecule has 0 amide bonds. The summed E-state index contributed by atoms with van der Waals surface area (Å²) in [5, 5.41) is 0. The minimum atomic E-state index is -1.82. The van der Waals surface area contributed by atoms with Crippen molar-refractivity contribution in [1.82, 2.24) is 0 Å². The minimum absolute atomic E-state index is 0.111. The van der Waals surface area contributed by atoms with Gasteiger partial charge in [-0.2, -0.15) is 0 Å². The molecule has 0 aliphatic heterocycles. The van der Waals surface area contributed by atoms with E-state index in [2.05, 4.69) is 39.1 Å². The fraction of sp³-hybridized carbons (Fsp3) is 0.812. The van der Waals surface area contributed by atoms with Crippen LogP contribution in [-0.2, 0) is 9.22 Å². The molecule has 2 nitrogen and oxygen atoms in total. The van der Waals surface area contributed by atoms with Crippen LogP contribution in [0.15, 0.2) is 12.2 Å². The van der Waals surface area contributed by atoms with Gasteiger partial charge in [0.1, 0.15) is 0 Å². The van der Waals surface area contributed by atoms with E-state index < -0.39 is 8.32 Å². The van der Waals surface area contributed by atoms with Crippen molar-refractivity contribution in [2.24, 2.45) is 17.3 Å². The van der Waals surface area contributed by atoms with Crippen LogP contribution in [0.1, 0.15) is 46.0 Å². The third-order valence-electron chi connectivity index (χ3n) is 5.05. The summed E-state index contributed by atoms with van der Waals surface area (Å²) in [4.78, 5) is 12.7. The zero-order valence-corrected chi connectivity index (χ0v) is 13.9. The Kier molecular flexibility index (Phi) is 4.24. The standard InChI is InChI=1S/C16H28O2Si/c1-5-7-10-19(3,4)18-15(17)16(6-2)12-13-8-9-14(16)11-13/h8-9,13-14H,5-7,10-12H2,1-4H3. The fourth-order valence-electron chi connectivity index (χ4n) is 3.75. The van der Waals surface area contributed by atoms with Gasteiger partial charge in [-0.25, -0.2) is 0 Å². The highest BCUT2D eigenvalue weighted by molar-refractivity contribution is 6.72. The summed E-state index contributed by atoms with van der Waals surface area (Å²) in [5.74, 6) is 1.17. The van der Waals surface area contributed by atoms with Gasteiger partial charge in [0, 0.05) is 0 Å². The van der Waals surface area contributed by atoms with Crippen molar-refractivity contribution in [2.75, 3.05) is 0 Å². The van der Waals surface area contributed by atoms with Crippen molar-refractivity contribution >= 4 is 14.3 Å². The molecule has 19 heavy (non-hydrogen) atoms. The highest BCUT2D eigenvalue weighted by Crippen LogP contribution is 2.54. The molecule has 0 aromatic rings. The van der Waals surface area contributed by atoms with Gasteiger partial charge < -0.3 is 4.43 Å². The van der Waals surface area contributed by atoms with Crippen LogP contribution < -0.4 is 0 Å². The zero-order chi connectivity index (χ0) is 14.1. The Hall–Kier alpha value is -0.573. The van der Waals surface area contributed by atoms with Crippen molar-refractivity contribution in [2.45, 2.75) is 65.1 Å². The van der Waals surface area contributed by atoms with Gasteiger partial charge in [0.15, 0.2) is 0 Å². The Labute approximate surface area is 118 Å². The average Bonchev–Trinajstić information content (AvgIpc) is 2.96. The van der Waals surface area contributed by atoms with Gasteiger partial charge in [-0.15, -0.1) is 0 Å². The van der Waals surface area contributed by atoms with E-state index in [1.807, 2.05) is 0 Å². The largest absolute Gasteiger partial charge is 0.519 e. The van der Waals surface area contributed by atoms with Crippen molar-refractivity contribution in [3.63, 3.8) is 0 Å². The monoisotopic (exact) mass is 280 g/mol. The smallest absolute Gasteiger partial charge is 0.299 e. The second-order valence-corrected chi connectivity index (χ2v) is 11.2. The predicted molar refractivity (Wildman–Crippen MR) is 81.4 cm³/mol. The molecule has 2 bridgehead atoms. The quantitative estimate of drug-likeness (QED) is 0.528. The van der Waals surface area contributed by atoms with E-state index >= 15 is 0 Å². The van der Waals surface area contributed by atoms with Crippen LogP contribution in [0.5, 0.6) is 0 Å². The molecular weight excluding hydrogens is 252 g/mol. The van der Waals surface area contributed by atoms with Crippen LogP contribution in [0.2, 0.25) is 19.1 Å². The first-order valence-electron chi connectivity index (χ1n) is 7.85. The van der Waals surface area contributed by atoms with Crippen molar-refractivity contribution in [3.05, 3.63) is 12.2 Å². The summed E-state index contributed by atoms with van der Waals surface area (Å²) in [6.07, 6.45) is 10.0. The average molecular weight is 280 g/mol. The van der Waals surface area contributed by atoms with Crippen LogP contribution in [0, 0.1) is 17.3 Å². The Balaban J connectivity index is 2.04. The summed E-state index contributed by atoms with van der Waals surface area (Å²) in [7, 11) is -1.82. The zero-order valence-electron chi connectivity index (χ0n) is 12.9. The topological polar surface area (TPSA) is 26.3 Å². The number of rotatable bonds is 6. The van der Waals surface area contributed by atoms with E-state index in [0.29, 0.717) is 11.8 Å². The van der Waals surface area contributed by atoms with Crippen molar-refractivity contribution in [3.8, 4) is 0 Å². The van der Waals surface area contributed by atoms with Crippen molar-refractivity contribution < 1.29 is 9.22 Å². The van der Waals surface area contributed by atoms with Gasteiger partial charge >= 0.3 is 0 Å². The molecule has 0 heterocycles. The van der Waals surface area contributed by atoms with E-state index in [1.165, 1.54) is 19.3 Å². The van der Waals surface area contributed by atoms with E-state index in [-0.39, 0.29) is 11.4 Å². The highest BCUT2D eigenvalue weighted by atomic mass is 28.4. The summed E-state index contributed by atoms with van der Waals surface area (Å²) >= 11 is 0. The molecule has 3 unspecified atom stereocenters. The van der Waals surface area contributed by atoms with Gasteiger partial charge in [-0.05, 0) is 50.2 Å². The van der Waals surface area contributed by atoms with Gasteiger partial charge in [0.05, 0.1) is 5.41 Å². The number of hydrogen-bond acceptors (Lipinski definition) is 2. The van der Waals surface area contributed by atoms with Gasteiger partial charge in [-0.3, -0.25) is 4.79 Å². The maximum atomic E-state index is 12.7. The van der Waals surface area contributed by atoms with E-state index in [9.17, 15) is 4.79 Å². The van der Waals surface area contributed by atoms with Crippen LogP contribution in [-0.4, -0.2) is 14.3 Å². The maximum Gasteiger partial charge on any atom is 0.299 e. The van der Waals surface area contributed by atoms with Crippen molar-refractivity contribution in [1.29, 1.82) is 0 Å². The Morgan fingerprint density at radius 3 is 2.58 bits per heavy atom.